The summed E-state index contributed by atoms with van der Waals surface area (Å²) in [5.41, 5.74) is 1.12. The molecule has 1 aromatic rings. The van der Waals surface area contributed by atoms with Gasteiger partial charge in [-0.1, -0.05) is 19.9 Å². The summed E-state index contributed by atoms with van der Waals surface area (Å²) in [5.74, 6) is 0.941. The van der Waals surface area contributed by atoms with Crippen molar-refractivity contribution in [2.45, 2.75) is 26.8 Å². The Balaban J connectivity index is 2.52. The van der Waals surface area contributed by atoms with E-state index in [2.05, 4.69) is 33.5 Å². The van der Waals surface area contributed by atoms with Crippen LogP contribution in [0.4, 0.5) is 5.82 Å². The molecule has 106 valence electrons. The van der Waals surface area contributed by atoms with Crippen molar-refractivity contribution in [1.29, 1.82) is 0 Å². The first-order valence-electron chi connectivity index (χ1n) is 6.81. The number of anilines is 1. The number of aromatic nitrogens is 1. The molecule has 0 bridgehead atoms. The van der Waals surface area contributed by atoms with E-state index in [1.807, 2.05) is 19.2 Å². The van der Waals surface area contributed by atoms with E-state index in [0.717, 1.165) is 37.4 Å². The predicted octanol–water partition coefficient (Wildman–Crippen LogP) is 1.47. The third-order valence-corrected chi connectivity index (χ3v) is 2.88. The minimum absolute atomic E-state index is 0.0380. The van der Waals surface area contributed by atoms with Crippen LogP contribution in [0.15, 0.2) is 18.3 Å². The number of likely N-dealkylation sites (N-methyl/N-ethyl adjacent to an activating group) is 2. The van der Waals surface area contributed by atoms with Crippen LogP contribution >= 0.6 is 0 Å². The van der Waals surface area contributed by atoms with Gasteiger partial charge in [0.15, 0.2) is 0 Å². The highest BCUT2D eigenvalue weighted by atomic mass is 16.1. The number of hydrogen-bond donors (Lipinski definition) is 2. The molecule has 1 amide bonds. The molecule has 2 N–H and O–H groups in total. The Morgan fingerprint density at radius 1 is 1.37 bits per heavy atom. The summed E-state index contributed by atoms with van der Waals surface area (Å²) >= 11 is 0. The van der Waals surface area contributed by atoms with Gasteiger partial charge in [0.2, 0.25) is 5.91 Å². The predicted molar refractivity (Wildman–Crippen MR) is 78.0 cm³/mol. The van der Waals surface area contributed by atoms with Gasteiger partial charge >= 0.3 is 0 Å². The van der Waals surface area contributed by atoms with Crippen molar-refractivity contribution in [1.82, 2.24) is 15.2 Å². The Kier molecular flexibility index (Phi) is 6.89. The molecule has 0 unspecified atom stereocenters. The SMILES string of the molecule is CCCNc1ccc(CN(CC)CC(=O)NC)cn1. The number of rotatable bonds is 8. The van der Waals surface area contributed by atoms with Crippen LogP contribution in [0.3, 0.4) is 0 Å². The molecule has 1 aromatic heterocycles. The first kappa shape index (κ1) is 15.4. The van der Waals surface area contributed by atoms with Crippen molar-refractivity contribution >= 4 is 11.7 Å². The summed E-state index contributed by atoms with van der Waals surface area (Å²) < 4.78 is 0. The molecule has 1 rings (SSSR count). The lowest BCUT2D eigenvalue weighted by atomic mass is 10.2. The van der Waals surface area contributed by atoms with Crippen LogP contribution < -0.4 is 10.6 Å². The Morgan fingerprint density at radius 2 is 2.16 bits per heavy atom. The molecule has 0 saturated heterocycles. The molecular formula is C14H24N4O. The normalized spacial score (nSPS) is 10.5. The molecule has 0 fully saturated rings. The summed E-state index contributed by atoms with van der Waals surface area (Å²) in [6, 6.07) is 4.04. The van der Waals surface area contributed by atoms with Crippen molar-refractivity contribution in [2.24, 2.45) is 0 Å². The molecule has 0 aliphatic heterocycles. The molecule has 0 spiro atoms. The van der Waals surface area contributed by atoms with E-state index >= 15 is 0 Å². The Labute approximate surface area is 115 Å². The maximum atomic E-state index is 11.4. The minimum atomic E-state index is 0.0380. The Morgan fingerprint density at radius 3 is 2.68 bits per heavy atom. The third-order valence-electron chi connectivity index (χ3n) is 2.88. The smallest absolute Gasteiger partial charge is 0.233 e. The third kappa shape index (κ3) is 5.70. The second-order valence-electron chi connectivity index (χ2n) is 4.45. The molecule has 0 radical (unpaired) electrons. The maximum absolute atomic E-state index is 11.4. The van der Waals surface area contributed by atoms with Gasteiger partial charge in [-0.3, -0.25) is 9.69 Å². The Hall–Kier alpha value is -1.62. The topological polar surface area (TPSA) is 57.3 Å². The first-order valence-corrected chi connectivity index (χ1v) is 6.81. The van der Waals surface area contributed by atoms with Crippen LogP contribution in [0.1, 0.15) is 25.8 Å². The summed E-state index contributed by atoms with van der Waals surface area (Å²) in [5, 5.41) is 5.88. The fourth-order valence-electron chi connectivity index (χ4n) is 1.70. The highest BCUT2D eigenvalue weighted by Crippen LogP contribution is 2.07. The number of amides is 1. The summed E-state index contributed by atoms with van der Waals surface area (Å²) in [6.07, 6.45) is 2.95. The average molecular weight is 264 g/mol. The molecule has 0 atom stereocenters. The lowest BCUT2D eigenvalue weighted by Crippen LogP contribution is -2.35. The number of carbonyl (C=O) groups is 1. The average Bonchev–Trinajstić information content (AvgIpc) is 2.45. The lowest BCUT2D eigenvalue weighted by Gasteiger charge is -2.19. The van der Waals surface area contributed by atoms with Crippen LogP contribution in [0.2, 0.25) is 0 Å². The number of pyridine rings is 1. The van der Waals surface area contributed by atoms with Gasteiger partial charge in [0.25, 0.3) is 0 Å². The van der Waals surface area contributed by atoms with Gasteiger partial charge in [-0.2, -0.15) is 0 Å². The molecule has 0 aliphatic carbocycles. The van der Waals surface area contributed by atoms with E-state index in [4.69, 9.17) is 0 Å². The number of nitrogens with one attached hydrogen (secondary N) is 2. The van der Waals surface area contributed by atoms with Crippen LogP contribution in [-0.4, -0.2) is 42.5 Å². The maximum Gasteiger partial charge on any atom is 0.233 e. The second-order valence-corrected chi connectivity index (χ2v) is 4.45. The summed E-state index contributed by atoms with van der Waals surface area (Å²) in [6.45, 7) is 7.11. The number of hydrogen-bond acceptors (Lipinski definition) is 4. The van der Waals surface area contributed by atoms with E-state index < -0.39 is 0 Å². The van der Waals surface area contributed by atoms with Crippen LogP contribution in [-0.2, 0) is 11.3 Å². The molecule has 0 aliphatic rings. The zero-order valence-corrected chi connectivity index (χ0v) is 12.1. The van der Waals surface area contributed by atoms with Gasteiger partial charge in [-0.05, 0) is 24.6 Å². The standard InChI is InChI=1S/C14H24N4O/c1-4-8-16-13-7-6-12(9-17-13)10-18(5-2)11-14(19)15-3/h6-7,9H,4-5,8,10-11H2,1-3H3,(H,15,19)(H,16,17). The van der Waals surface area contributed by atoms with Crippen LogP contribution in [0, 0.1) is 0 Å². The Bertz CT molecular complexity index is 378. The second kappa shape index (κ2) is 8.48. The molecule has 5 heteroatoms. The zero-order valence-electron chi connectivity index (χ0n) is 12.1. The molecule has 1 heterocycles. The summed E-state index contributed by atoms with van der Waals surface area (Å²) in [4.78, 5) is 17.8. The van der Waals surface area contributed by atoms with E-state index in [0.29, 0.717) is 6.54 Å². The van der Waals surface area contributed by atoms with E-state index in [9.17, 15) is 4.79 Å². The fraction of sp³-hybridized carbons (Fsp3) is 0.571. The van der Waals surface area contributed by atoms with Gasteiger partial charge in [-0.25, -0.2) is 4.98 Å². The molecule has 19 heavy (non-hydrogen) atoms. The van der Waals surface area contributed by atoms with Crippen molar-refractivity contribution in [3.63, 3.8) is 0 Å². The van der Waals surface area contributed by atoms with Gasteiger partial charge < -0.3 is 10.6 Å². The van der Waals surface area contributed by atoms with Crippen molar-refractivity contribution in [3.8, 4) is 0 Å². The van der Waals surface area contributed by atoms with E-state index in [-0.39, 0.29) is 5.91 Å². The molecule has 0 saturated carbocycles. The van der Waals surface area contributed by atoms with Gasteiger partial charge in [0.05, 0.1) is 6.54 Å². The van der Waals surface area contributed by atoms with Gasteiger partial charge in [0, 0.05) is 26.3 Å². The first-order chi connectivity index (χ1) is 9.19. The monoisotopic (exact) mass is 264 g/mol. The fourth-order valence-corrected chi connectivity index (χ4v) is 1.70. The van der Waals surface area contributed by atoms with Crippen LogP contribution in [0.25, 0.3) is 0 Å². The lowest BCUT2D eigenvalue weighted by molar-refractivity contribution is -0.121. The zero-order chi connectivity index (χ0) is 14.1. The largest absolute Gasteiger partial charge is 0.370 e. The molecule has 5 nitrogen and oxygen atoms in total. The van der Waals surface area contributed by atoms with Crippen molar-refractivity contribution in [3.05, 3.63) is 23.9 Å². The number of nitrogens with zero attached hydrogens (tertiary/aromatic N) is 2. The van der Waals surface area contributed by atoms with E-state index in [1.165, 1.54) is 0 Å². The quantitative estimate of drug-likeness (QED) is 0.746. The van der Waals surface area contributed by atoms with E-state index in [1.54, 1.807) is 7.05 Å². The van der Waals surface area contributed by atoms with Crippen molar-refractivity contribution in [2.75, 3.05) is 32.0 Å². The number of carbonyl (C=O) groups excluding carboxylic acids is 1. The highest BCUT2D eigenvalue weighted by Gasteiger charge is 2.08. The van der Waals surface area contributed by atoms with Gasteiger partial charge in [0.1, 0.15) is 5.82 Å². The molecule has 0 aromatic carbocycles. The van der Waals surface area contributed by atoms with Gasteiger partial charge in [-0.15, -0.1) is 0 Å². The summed E-state index contributed by atoms with van der Waals surface area (Å²) in [7, 11) is 1.66. The molecular weight excluding hydrogens is 240 g/mol. The van der Waals surface area contributed by atoms with Crippen molar-refractivity contribution < 1.29 is 4.79 Å². The highest BCUT2D eigenvalue weighted by molar-refractivity contribution is 5.77. The minimum Gasteiger partial charge on any atom is -0.370 e. The van der Waals surface area contributed by atoms with Crippen LogP contribution in [0.5, 0.6) is 0 Å².